The van der Waals surface area contributed by atoms with Crippen LogP contribution < -0.4 is 0 Å². The van der Waals surface area contributed by atoms with Crippen LogP contribution in [0.5, 0.6) is 0 Å². The van der Waals surface area contributed by atoms with Gasteiger partial charge in [0.15, 0.2) is 5.78 Å². The number of thioether (sulfide) groups is 1. The van der Waals surface area contributed by atoms with Crippen LogP contribution >= 0.6 is 11.8 Å². The van der Waals surface area contributed by atoms with Gasteiger partial charge in [0.05, 0.1) is 0 Å². The van der Waals surface area contributed by atoms with Gasteiger partial charge in [-0.15, -0.1) is 11.8 Å². The average molecular weight is 284 g/mol. The highest BCUT2D eigenvalue weighted by molar-refractivity contribution is 7.98. The predicted molar refractivity (Wildman–Crippen MR) is 86.9 cm³/mol. The zero-order valence-electron chi connectivity index (χ0n) is 12.5. The lowest BCUT2D eigenvalue weighted by atomic mass is 9.94. The molecule has 0 heterocycles. The first-order chi connectivity index (χ1) is 9.51. The van der Waals surface area contributed by atoms with Gasteiger partial charge in [-0.3, -0.25) is 4.79 Å². The first-order valence-corrected chi connectivity index (χ1v) is 7.97. The van der Waals surface area contributed by atoms with Gasteiger partial charge in [-0.05, 0) is 55.9 Å². The van der Waals surface area contributed by atoms with Crippen molar-refractivity contribution in [2.24, 2.45) is 0 Å². The van der Waals surface area contributed by atoms with E-state index < -0.39 is 0 Å². The molecule has 20 heavy (non-hydrogen) atoms. The number of benzene rings is 2. The molecule has 0 unspecified atom stereocenters. The van der Waals surface area contributed by atoms with E-state index in [-0.39, 0.29) is 5.78 Å². The fourth-order valence-corrected chi connectivity index (χ4v) is 2.94. The maximum Gasteiger partial charge on any atom is 0.167 e. The van der Waals surface area contributed by atoms with Gasteiger partial charge in [-0.1, -0.05) is 29.8 Å². The minimum Gasteiger partial charge on any atom is -0.294 e. The Morgan fingerprint density at radius 2 is 1.55 bits per heavy atom. The Labute approximate surface area is 125 Å². The summed E-state index contributed by atoms with van der Waals surface area (Å²) < 4.78 is 0. The van der Waals surface area contributed by atoms with Crippen molar-refractivity contribution in [1.29, 1.82) is 0 Å². The van der Waals surface area contributed by atoms with Crippen LogP contribution in [0.15, 0.2) is 41.3 Å². The summed E-state index contributed by atoms with van der Waals surface area (Å²) in [5.74, 6) is 0.188. The number of hydrogen-bond acceptors (Lipinski definition) is 2. The number of ketones is 1. The molecule has 0 saturated heterocycles. The molecule has 2 heteroatoms. The average Bonchev–Trinajstić information content (AvgIpc) is 2.42. The topological polar surface area (TPSA) is 17.1 Å². The number of carbonyl (C=O) groups excluding carboxylic acids is 1. The van der Waals surface area contributed by atoms with Gasteiger partial charge in [0, 0.05) is 16.9 Å². The van der Waals surface area contributed by atoms with Crippen LogP contribution in [0, 0.1) is 20.8 Å². The maximum atomic E-state index is 12.4. The summed E-state index contributed by atoms with van der Waals surface area (Å²) in [6, 6.07) is 12.2. The molecule has 0 N–H and O–H groups in total. The highest BCUT2D eigenvalue weighted by Gasteiger charge is 2.11. The van der Waals surface area contributed by atoms with Crippen molar-refractivity contribution in [3.05, 3.63) is 64.2 Å². The lowest BCUT2D eigenvalue weighted by molar-refractivity contribution is 0.0992. The summed E-state index contributed by atoms with van der Waals surface area (Å²) in [5.41, 5.74) is 5.62. The first kappa shape index (κ1) is 14.9. The lowest BCUT2D eigenvalue weighted by Gasteiger charge is -2.11. The Morgan fingerprint density at radius 1 is 1.00 bits per heavy atom. The Bertz CT molecular complexity index is 603. The van der Waals surface area contributed by atoms with Crippen molar-refractivity contribution in [2.75, 3.05) is 6.26 Å². The van der Waals surface area contributed by atoms with Crippen molar-refractivity contribution < 1.29 is 4.79 Å². The molecule has 0 aliphatic rings. The van der Waals surface area contributed by atoms with Gasteiger partial charge >= 0.3 is 0 Å². The van der Waals surface area contributed by atoms with Crippen molar-refractivity contribution in [2.45, 2.75) is 32.1 Å². The van der Waals surface area contributed by atoms with Crippen LogP contribution in [0.1, 0.15) is 32.6 Å². The molecule has 0 atom stereocenters. The number of rotatable bonds is 4. The third-order valence-electron chi connectivity index (χ3n) is 3.59. The van der Waals surface area contributed by atoms with Gasteiger partial charge in [-0.2, -0.15) is 0 Å². The molecule has 0 fully saturated rings. The molecule has 0 aromatic heterocycles. The van der Waals surface area contributed by atoms with E-state index in [0.717, 1.165) is 11.1 Å². The van der Waals surface area contributed by atoms with Crippen LogP contribution in [0.25, 0.3) is 0 Å². The fourth-order valence-electron chi connectivity index (χ4n) is 2.53. The van der Waals surface area contributed by atoms with E-state index >= 15 is 0 Å². The van der Waals surface area contributed by atoms with Gasteiger partial charge in [0.25, 0.3) is 0 Å². The van der Waals surface area contributed by atoms with Crippen LogP contribution in [0.3, 0.4) is 0 Å². The number of carbonyl (C=O) groups is 1. The maximum absolute atomic E-state index is 12.4. The molecule has 104 valence electrons. The second-order valence-corrected chi connectivity index (χ2v) is 6.09. The summed E-state index contributed by atoms with van der Waals surface area (Å²) in [4.78, 5) is 13.6. The minimum absolute atomic E-state index is 0.188. The predicted octanol–water partition coefficient (Wildman–Crippen LogP) is 4.76. The van der Waals surface area contributed by atoms with E-state index in [0.29, 0.717) is 6.42 Å². The van der Waals surface area contributed by atoms with E-state index in [1.165, 1.54) is 21.6 Å². The van der Waals surface area contributed by atoms with Gasteiger partial charge in [-0.25, -0.2) is 0 Å². The molecular formula is C18H20OS. The molecule has 2 rings (SSSR count). The Hall–Kier alpha value is -1.54. The fraction of sp³-hybridized carbons (Fsp3) is 0.278. The zero-order chi connectivity index (χ0) is 14.7. The summed E-state index contributed by atoms with van der Waals surface area (Å²) in [6.45, 7) is 6.26. The van der Waals surface area contributed by atoms with E-state index in [1.54, 1.807) is 11.8 Å². The van der Waals surface area contributed by atoms with Crippen LogP contribution in [0.2, 0.25) is 0 Å². The molecule has 0 saturated carbocycles. The molecule has 0 radical (unpaired) electrons. The lowest BCUT2D eigenvalue weighted by Crippen LogP contribution is -2.06. The molecule has 1 nitrogen and oxygen atoms in total. The van der Waals surface area contributed by atoms with Crippen molar-refractivity contribution in [3.8, 4) is 0 Å². The third-order valence-corrected chi connectivity index (χ3v) is 4.33. The quantitative estimate of drug-likeness (QED) is 0.595. The van der Waals surface area contributed by atoms with E-state index in [2.05, 4.69) is 32.9 Å². The smallest absolute Gasteiger partial charge is 0.167 e. The van der Waals surface area contributed by atoms with E-state index in [9.17, 15) is 4.79 Å². The third kappa shape index (κ3) is 3.31. The number of hydrogen-bond donors (Lipinski definition) is 0. The minimum atomic E-state index is 0.188. The molecule has 2 aromatic rings. The van der Waals surface area contributed by atoms with E-state index in [4.69, 9.17) is 0 Å². The molecule has 0 spiro atoms. The molecule has 0 aliphatic carbocycles. The standard InChI is InChI=1S/C18H20OS/c1-12-9-13(2)17(14(3)10-12)11-18(19)15-5-7-16(20-4)8-6-15/h5-10H,11H2,1-4H3. The van der Waals surface area contributed by atoms with Crippen molar-refractivity contribution >= 4 is 17.5 Å². The van der Waals surface area contributed by atoms with Crippen molar-refractivity contribution in [3.63, 3.8) is 0 Å². The van der Waals surface area contributed by atoms with E-state index in [1.807, 2.05) is 30.5 Å². The largest absolute Gasteiger partial charge is 0.294 e. The van der Waals surface area contributed by atoms with Crippen LogP contribution in [-0.4, -0.2) is 12.0 Å². The van der Waals surface area contributed by atoms with Crippen LogP contribution in [-0.2, 0) is 6.42 Å². The molecule has 0 amide bonds. The molecule has 0 bridgehead atoms. The molecule has 2 aromatic carbocycles. The summed E-state index contributed by atoms with van der Waals surface area (Å²) in [6.07, 6.45) is 2.52. The van der Waals surface area contributed by atoms with Gasteiger partial charge in [0.1, 0.15) is 0 Å². The Morgan fingerprint density at radius 3 is 2.05 bits per heavy atom. The SMILES string of the molecule is CSc1ccc(C(=O)Cc2c(C)cc(C)cc2C)cc1. The highest BCUT2D eigenvalue weighted by Crippen LogP contribution is 2.20. The monoisotopic (exact) mass is 284 g/mol. The normalized spacial score (nSPS) is 10.6. The number of aryl methyl sites for hydroxylation is 3. The van der Waals surface area contributed by atoms with Crippen molar-refractivity contribution in [1.82, 2.24) is 0 Å². The summed E-state index contributed by atoms with van der Waals surface area (Å²) in [5, 5.41) is 0. The second-order valence-electron chi connectivity index (χ2n) is 5.21. The van der Waals surface area contributed by atoms with Gasteiger partial charge < -0.3 is 0 Å². The highest BCUT2D eigenvalue weighted by atomic mass is 32.2. The Balaban J connectivity index is 2.23. The first-order valence-electron chi connectivity index (χ1n) is 6.75. The van der Waals surface area contributed by atoms with Gasteiger partial charge in [0.2, 0.25) is 0 Å². The number of Topliss-reactive ketones (excluding diaryl/α,β-unsaturated/α-hetero) is 1. The Kier molecular flexibility index (Phi) is 4.66. The summed E-state index contributed by atoms with van der Waals surface area (Å²) >= 11 is 1.69. The van der Waals surface area contributed by atoms with Crippen LogP contribution in [0.4, 0.5) is 0 Å². The summed E-state index contributed by atoms with van der Waals surface area (Å²) in [7, 11) is 0. The zero-order valence-corrected chi connectivity index (χ0v) is 13.3. The molecule has 0 aliphatic heterocycles. The molecular weight excluding hydrogens is 264 g/mol. The second kappa shape index (κ2) is 6.27.